The van der Waals surface area contributed by atoms with E-state index in [2.05, 4.69) is 26.1 Å². The zero-order valence-electron chi connectivity index (χ0n) is 20.6. The standard InChI is InChI=1S/C25H29N7O3/c1-14(2)10-16-11-19(23(33)32-9-7-25(32,3)24(26)34)31-8-6-15-12-20(35-5)18(13-17(15)21(16)31)22-27-29-30(4)28-22/h10-13H,6-9H2,1-5H3,(H2,26,34)/t25-/m1/s1. The van der Waals surface area contributed by atoms with Crippen LogP contribution in [0.1, 0.15) is 48.8 Å². The summed E-state index contributed by atoms with van der Waals surface area (Å²) in [7, 11) is 3.34. The largest absolute Gasteiger partial charge is 0.496 e. The number of hydrogen-bond acceptors (Lipinski definition) is 6. The number of primary amides is 1. The number of nitrogens with two attached hydrogens (primary N) is 1. The van der Waals surface area contributed by atoms with Crippen molar-refractivity contribution in [2.24, 2.45) is 12.8 Å². The number of tetrazole rings is 1. The Labute approximate surface area is 203 Å². The van der Waals surface area contributed by atoms with Crippen LogP contribution in [0.5, 0.6) is 5.75 Å². The molecule has 3 aromatic rings. The lowest BCUT2D eigenvalue weighted by molar-refractivity contribution is -0.134. The van der Waals surface area contributed by atoms with Crippen LogP contribution >= 0.6 is 0 Å². The summed E-state index contributed by atoms with van der Waals surface area (Å²) >= 11 is 0. The molecule has 10 nitrogen and oxygen atoms in total. The first-order valence-corrected chi connectivity index (χ1v) is 11.6. The summed E-state index contributed by atoms with van der Waals surface area (Å²) in [6.07, 6.45) is 3.37. The Morgan fingerprint density at radius 1 is 1.17 bits per heavy atom. The van der Waals surface area contributed by atoms with Crippen molar-refractivity contribution >= 4 is 17.9 Å². The smallest absolute Gasteiger partial charge is 0.271 e. The molecule has 1 saturated heterocycles. The van der Waals surface area contributed by atoms with Gasteiger partial charge in [0.2, 0.25) is 11.7 Å². The molecule has 2 aliphatic heterocycles. The molecular formula is C25H29N7O3. The third kappa shape index (κ3) is 3.51. The van der Waals surface area contributed by atoms with Crippen molar-refractivity contribution in [3.8, 4) is 28.4 Å². The van der Waals surface area contributed by atoms with Crippen LogP contribution in [-0.4, -0.2) is 60.7 Å². The average Bonchev–Trinajstić information content (AvgIpc) is 3.40. The number of likely N-dealkylation sites (tertiary alicyclic amines) is 1. The van der Waals surface area contributed by atoms with E-state index in [0.29, 0.717) is 36.8 Å². The van der Waals surface area contributed by atoms with Crippen molar-refractivity contribution in [1.82, 2.24) is 29.7 Å². The van der Waals surface area contributed by atoms with E-state index in [-0.39, 0.29) is 5.91 Å². The highest BCUT2D eigenvalue weighted by atomic mass is 16.5. The van der Waals surface area contributed by atoms with Crippen molar-refractivity contribution in [3.05, 3.63) is 40.6 Å². The van der Waals surface area contributed by atoms with E-state index in [1.54, 1.807) is 26.0 Å². The molecule has 1 atom stereocenters. The summed E-state index contributed by atoms with van der Waals surface area (Å²) in [6.45, 7) is 6.92. The Bertz CT molecular complexity index is 1400. The van der Waals surface area contributed by atoms with Gasteiger partial charge < -0.3 is 19.9 Å². The number of carbonyl (C=O) groups is 2. The summed E-state index contributed by atoms with van der Waals surface area (Å²) in [5, 5.41) is 12.5. The summed E-state index contributed by atoms with van der Waals surface area (Å²) in [5.74, 6) is 0.480. The highest BCUT2D eigenvalue weighted by Gasteiger charge is 2.49. The number of aryl methyl sites for hydroxylation is 2. The maximum absolute atomic E-state index is 13.6. The normalized spacial score (nSPS) is 18.4. The monoisotopic (exact) mass is 475 g/mol. The maximum atomic E-state index is 13.6. The lowest BCUT2D eigenvalue weighted by Crippen LogP contribution is -2.66. The number of carbonyl (C=O) groups excluding carboxylic acids is 2. The van der Waals surface area contributed by atoms with E-state index in [0.717, 1.165) is 39.9 Å². The molecule has 0 bridgehead atoms. The van der Waals surface area contributed by atoms with Crippen molar-refractivity contribution < 1.29 is 14.3 Å². The van der Waals surface area contributed by atoms with Gasteiger partial charge in [-0.2, -0.15) is 4.80 Å². The zero-order valence-corrected chi connectivity index (χ0v) is 20.6. The topological polar surface area (TPSA) is 121 Å². The minimum atomic E-state index is -0.955. The molecule has 2 amide bonds. The van der Waals surface area contributed by atoms with E-state index in [9.17, 15) is 9.59 Å². The molecule has 1 aromatic carbocycles. The third-order valence-corrected chi connectivity index (χ3v) is 7.02. The molecule has 2 aliphatic rings. The van der Waals surface area contributed by atoms with Crippen molar-refractivity contribution in [1.29, 1.82) is 0 Å². The maximum Gasteiger partial charge on any atom is 0.271 e. The predicted octanol–water partition coefficient (Wildman–Crippen LogP) is 2.42. The van der Waals surface area contributed by atoms with Gasteiger partial charge in [0, 0.05) is 24.2 Å². The van der Waals surface area contributed by atoms with Crippen molar-refractivity contribution in [2.45, 2.75) is 45.7 Å². The van der Waals surface area contributed by atoms with Crippen LogP contribution in [-0.2, 0) is 24.8 Å². The van der Waals surface area contributed by atoms with Crippen LogP contribution in [0.3, 0.4) is 0 Å². The van der Waals surface area contributed by atoms with Gasteiger partial charge in [-0.05, 0) is 62.6 Å². The van der Waals surface area contributed by atoms with Gasteiger partial charge in [-0.1, -0.05) is 11.6 Å². The first-order chi connectivity index (χ1) is 16.6. The lowest BCUT2D eigenvalue weighted by Gasteiger charge is -2.48. The second kappa shape index (κ2) is 8.07. The first-order valence-electron chi connectivity index (χ1n) is 11.6. The van der Waals surface area contributed by atoms with E-state index in [1.807, 2.05) is 32.0 Å². The van der Waals surface area contributed by atoms with E-state index in [1.165, 1.54) is 4.80 Å². The fourth-order valence-corrected chi connectivity index (χ4v) is 5.00. The Balaban J connectivity index is 1.69. The summed E-state index contributed by atoms with van der Waals surface area (Å²) in [6, 6.07) is 5.96. The number of nitrogens with zero attached hydrogens (tertiary/aromatic N) is 6. The van der Waals surface area contributed by atoms with Crippen molar-refractivity contribution in [3.63, 3.8) is 0 Å². The molecule has 10 heteroatoms. The number of fused-ring (bicyclic) bond motifs is 3. The number of methoxy groups -OCH3 is 1. The molecule has 0 spiro atoms. The van der Waals surface area contributed by atoms with Gasteiger partial charge >= 0.3 is 0 Å². The van der Waals surface area contributed by atoms with Gasteiger partial charge in [-0.15, -0.1) is 10.2 Å². The van der Waals surface area contributed by atoms with E-state index >= 15 is 0 Å². The number of hydrogen-bond donors (Lipinski definition) is 1. The van der Waals surface area contributed by atoms with Gasteiger partial charge in [0.05, 0.1) is 25.4 Å². The van der Waals surface area contributed by atoms with Crippen LogP contribution < -0.4 is 10.5 Å². The van der Waals surface area contributed by atoms with Crippen LogP contribution in [0.2, 0.25) is 0 Å². The van der Waals surface area contributed by atoms with Gasteiger partial charge in [-0.3, -0.25) is 9.59 Å². The lowest BCUT2D eigenvalue weighted by atomic mass is 9.85. The summed E-state index contributed by atoms with van der Waals surface area (Å²) < 4.78 is 7.72. The summed E-state index contributed by atoms with van der Waals surface area (Å²) in [5.41, 5.74) is 11.1. The number of amides is 2. The highest BCUT2D eigenvalue weighted by molar-refractivity contribution is 6.01. The first kappa shape index (κ1) is 22.8. The van der Waals surface area contributed by atoms with Crippen LogP contribution in [0.4, 0.5) is 0 Å². The number of allylic oxidation sites excluding steroid dienone is 1. The molecule has 0 aliphatic carbocycles. The number of ether oxygens (including phenoxy) is 1. The molecule has 2 aromatic heterocycles. The fraction of sp³-hybridized carbons (Fsp3) is 0.400. The fourth-order valence-electron chi connectivity index (χ4n) is 5.00. The molecule has 0 saturated carbocycles. The molecule has 182 valence electrons. The van der Waals surface area contributed by atoms with Crippen LogP contribution in [0, 0.1) is 0 Å². The molecule has 4 heterocycles. The van der Waals surface area contributed by atoms with E-state index in [4.69, 9.17) is 10.5 Å². The molecule has 35 heavy (non-hydrogen) atoms. The molecule has 1 fully saturated rings. The average molecular weight is 476 g/mol. The van der Waals surface area contributed by atoms with Crippen molar-refractivity contribution in [2.75, 3.05) is 13.7 Å². The number of benzene rings is 1. The van der Waals surface area contributed by atoms with Gasteiger partial charge in [0.25, 0.3) is 5.91 Å². The highest BCUT2D eigenvalue weighted by Crippen LogP contribution is 2.42. The second-order valence-electron chi connectivity index (χ2n) is 9.61. The zero-order chi connectivity index (χ0) is 25.1. The number of aromatic nitrogens is 5. The minimum absolute atomic E-state index is 0.181. The second-order valence-corrected chi connectivity index (χ2v) is 9.61. The summed E-state index contributed by atoms with van der Waals surface area (Å²) in [4.78, 5) is 28.7. The molecule has 2 N–H and O–H groups in total. The Morgan fingerprint density at radius 3 is 2.51 bits per heavy atom. The van der Waals surface area contributed by atoms with Gasteiger partial charge in [0.15, 0.2) is 0 Å². The SMILES string of the molecule is COc1cc2c(cc1-c1nnn(C)n1)-c1c(C=C(C)C)cc(C(=O)N3CC[C@]3(C)C(N)=O)n1CC2. The molecular weight excluding hydrogens is 446 g/mol. The van der Waals surface area contributed by atoms with E-state index < -0.39 is 11.4 Å². The third-order valence-electron chi connectivity index (χ3n) is 7.02. The molecule has 0 unspecified atom stereocenters. The van der Waals surface area contributed by atoms with Crippen LogP contribution in [0.25, 0.3) is 28.7 Å². The van der Waals surface area contributed by atoms with Gasteiger partial charge in [0.1, 0.15) is 17.0 Å². The quantitative estimate of drug-likeness (QED) is 0.605. The Hall–Kier alpha value is -3.95. The molecule has 0 radical (unpaired) electrons. The van der Waals surface area contributed by atoms with Crippen LogP contribution in [0.15, 0.2) is 23.8 Å². The Kier molecular flexibility index (Phi) is 5.26. The molecule has 5 rings (SSSR count). The Morgan fingerprint density at radius 2 is 1.94 bits per heavy atom. The van der Waals surface area contributed by atoms with Gasteiger partial charge in [-0.25, -0.2) is 0 Å². The minimum Gasteiger partial charge on any atom is -0.496 e. The number of rotatable bonds is 5. The predicted molar refractivity (Wildman–Crippen MR) is 130 cm³/mol.